The predicted octanol–water partition coefficient (Wildman–Crippen LogP) is 6.15. The molecule has 1 saturated heterocycles. The number of hydrogen-bond donors (Lipinski definition) is 1. The Morgan fingerprint density at radius 2 is 2.04 bits per heavy atom. The average molecular weight is 421 g/mol. The molecule has 0 bridgehead atoms. The van der Waals surface area contributed by atoms with Gasteiger partial charge in [-0.15, -0.1) is 6.58 Å². The number of nitrogens with zero attached hydrogens (tertiary/aromatic N) is 1. The first kappa shape index (κ1) is 21.7. The van der Waals surface area contributed by atoms with Crippen molar-refractivity contribution in [3.8, 4) is 0 Å². The molecule has 3 unspecified atom stereocenters. The molecule has 3 rings (SSSR count). The minimum atomic E-state index is -0.360. The summed E-state index contributed by atoms with van der Waals surface area (Å²) in [4.78, 5) is 15.9. The van der Waals surface area contributed by atoms with E-state index in [1.54, 1.807) is 0 Å². The standard InChI is InChI=1S/C23H33ClN2OS/c1-5-14-23(4)15-13-21(17-7-9-18(24)10-8-17)26(22(23)27)20(6-2)16(3)25-28-19-11-12-19/h5,7-10,16,19-21,25H,1,6,11-15H2,2-4H3/t16?,20?,21?,23-/m0/s1. The van der Waals surface area contributed by atoms with Crippen LogP contribution in [0.1, 0.15) is 70.9 Å². The first-order valence-electron chi connectivity index (χ1n) is 10.5. The van der Waals surface area contributed by atoms with Crippen LogP contribution in [0.3, 0.4) is 0 Å². The summed E-state index contributed by atoms with van der Waals surface area (Å²) in [5, 5.41) is 1.48. The summed E-state index contributed by atoms with van der Waals surface area (Å²) in [5.74, 6) is 0.260. The summed E-state index contributed by atoms with van der Waals surface area (Å²) < 4.78 is 3.64. The summed E-state index contributed by atoms with van der Waals surface area (Å²) in [6.45, 7) is 10.4. The molecule has 0 radical (unpaired) electrons. The molecule has 1 aromatic rings. The lowest BCUT2D eigenvalue weighted by atomic mass is 9.74. The highest BCUT2D eigenvalue weighted by Gasteiger charge is 2.46. The lowest BCUT2D eigenvalue weighted by Crippen LogP contribution is -2.57. The Bertz CT molecular complexity index is 690. The lowest BCUT2D eigenvalue weighted by molar-refractivity contribution is -0.153. The Morgan fingerprint density at radius 1 is 1.36 bits per heavy atom. The van der Waals surface area contributed by atoms with E-state index in [9.17, 15) is 4.79 Å². The molecule has 1 amide bonds. The highest BCUT2D eigenvalue weighted by atomic mass is 35.5. The molecule has 3 nitrogen and oxygen atoms in total. The number of allylic oxidation sites excluding steroid dienone is 1. The van der Waals surface area contributed by atoms with Gasteiger partial charge in [-0.2, -0.15) is 0 Å². The number of rotatable bonds is 9. The van der Waals surface area contributed by atoms with Gasteiger partial charge in [0.15, 0.2) is 0 Å². The van der Waals surface area contributed by atoms with Crippen LogP contribution in [-0.2, 0) is 4.79 Å². The van der Waals surface area contributed by atoms with Crippen molar-refractivity contribution in [3.63, 3.8) is 0 Å². The molecule has 2 aliphatic rings. The molecule has 1 aliphatic heterocycles. The van der Waals surface area contributed by atoms with Crippen LogP contribution in [-0.4, -0.2) is 28.1 Å². The Morgan fingerprint density at radius 3 is 2.61 bits per heavy atom. The summed E-state index contributed by atoms with van der Waals surface area (Å²) >= 11 is 7.96. The van der Waals surface area contributed by atoms with Crippen LogP contribution >= 0.6 is 23.5 Å². The van der Waals surface area contributed by atoms with Gasteiger partial charge in [0.05, 0.1) is 11.5 Å². The molecule has 5 heteroatoms. The van der Waals surface area contributed by atoms with E-state index in [2.05, 4.69) is 49.1 Å². The van der Waals surface area contributed by atoms with Crippen molar-refractivity contribution < 1.29 is 4.79 Å². The third-order valence-electron chi connectivity index (χ3n) is 6.20. The Hall–Kier alpha value is -0.970. The van der Waals surface area contributed by atoms with E-state index in [0.717, 1.165) is 36.0 Å². The van der Waals surface area contributed by atoms with E-state index in [0.29, 0.717) is 0 Å². The van der Waals surface area contributed by atoms with Crippen molar-refractivity contribution in [2.24, 2.45) is 5.41 Å². The monoisotopic (exact) mass is 420 g/mol. The fourth-order valence-electron chi connectivity index (χ4n) is 4.32. The second kappa shape index (κ2) is 9.23. The summed E-state index contributed by atoms with van der Waals surface area (Å²) in [6, 6.07) is 8.51. The fourth-order valence-corrected chi connectivity index (χ4v) is 5.38. The minimum Gasteiger partial charge on any atom is -0.331 e. The average Bonchev–Trinajstić information content (AvgIpc) is 3.50. The zero-order valence-corrected chi connectivity index (χ0v) is 18.9. The van der Waals surface area contributed by atoms with Gasteiger partial charge in [0.1, 0.15) is 0 Å². The highest BCUT2D eigenvalue weighted by Crippen LogP contribution is 2.45. The molecular weight excluding hydrogens is 388 g/mol. The molecule has 1 saturated carbocycles. The van der Waals surface area contributed by atoms with Crippen molar-refractivity contribution in [1.29, 1.82) is 0 Å². The molecule has 1 aromatic carbocycles. The highest BCUT2D eigenvalue weighted by molar-refractivity contribution is 7.98. The van der Waals surface area contributed by atoms with Gasteiger partial charge < -0.3 is 4.90 Å². The number of amides is 1. The van der Waals surface area contributed by atoms with E-state index in [4.69, 9.17) is 11.6 Å². The van der Waals surface area contributed by atoms with Crippen LogP contribution in [0, 0.1) is 5.41 Å². The SMILES string of the molecule is C=CC[C@@]1(C)CCC(c2ccc(Cl)cc2)N(C(CC)C(C)NSC2CC2)C1=O. The quantitative estimate of drug-likeness (QED) is 0.384. The van der Waals surface area contributed by atoms with Gasteiger partial charge in [-0.25, -0.2) is 0 Å². The number of piperidine rings is 1. The van der Waals surface area contributed by atoms with E-state index >= 15 is 0 Å². The van der Waals surface area contributed by atoms with E-state index in [1.807, 2.05) is 30.2 Å². The van der Waals surface area contributed by atoms with Crippen molar-refractivity contribution in [3.05, 3.63) is 47.5 Å². The van der Waals surface area contributed by atoms with Gasteiger partial charge in [-0.05, 0) is 63.1 Å². The molecule has 154 valence electrons. The number of nitrogens with one attached hydrogen (secondary N) is 1. The van der Waals surface area contributed by atoms with Gasteiger partial charge >= 0.3 is 0 Å². The van der Waals surface area contributed by atoms with Gasteiger partial charge in [-0.3, -0.25) is 9.52 Å². The summed E-state index contributed by atoms with van der Waals surface area (Å²) in [5.41, 5.74) is 0.820. The number of benzene rings is 1. The number of carbonyl (C=O) groups excluding carboxylic acids is 1. The number of halogens is 1. The van der Waals surface area contributed by atoms with Gasteiger partial charge in [0.2, 0.25) is 5.91 Å². The summed E-state index contributed by atoms with van der Waals surface area (Å²) in [7, 11) is 0. The van der Waals surface area contributed by atoms with Crippen molar-refractivity contribution in [2.45, 2.75) is 82.7 Å². The molecule has 1 N–H and O–H groups in total. The molecular formula is C23H33ClN2OS. The predicted molar refractivity (Wildman–Crippen MR) is 120 cm³/mol. The van der Waals surface area contributed by atoms with E-state index in [-0.39, 0.29) is 29.4 Å². The van der Waals surface area contributed by atoms with Gasteiger partial charge in [0.25, 0.3) is 0 Å². The zero-order valence-electron chi connectivity index (χ0n) is 17.3. The number of carbonyl (C=O) groups is 1. The van der Waals surface area contributed by atoms with Crippen molar-refractivity contribution >= 4 is 29.5 Å². The molecule has 0 spiro atoms. The molecule has 4 atom stereocenters. The molecule has 1 heterocycles. The maximum atomic E-state index is 13.8. The van der Waals surface area contributed by atoms with Crippen LogP contribution in [0.4, 0.5) is 0 Å². The normalized spacial score (nSPS) is 27.5. The van der Waals surface area contributed by atoms with E-state index in [1.165, 1.54) is 18.4 Å². The van der Waals surface area contributed by atoms with Crippen LogP contribution in [0.25, 0.3) is 0 Å². The van der Waals surface area contributed by atoms with Gasteiger partial charge in [0, 0.05) is 22.4 Å². The molecule has 28 heavy (non-hydrogen) atoms. The smallest absolute Gasteiger partial charge is 0.229 e. The topological polar surface area (TPSA) is 32.3 Å². The molecule has 0 aromatic heterocycles. The van der Waals surface area contributed by atoms with Crippen molar-refractivity contribution in [1.82, 2.24) is 9.62 Å². The van der Waals surface area contributed by atoms with Crippen LogP contribution in [0.15, 0.2) is 36.9 Å². The van der Waals surface area contributed by atoms with Crippen LogP contribution < -0.4 is 4.72 Å². The first-order valence-corrected chi connectivity index (χ1v) is 11.8. The minimum absolute atomic E-state index is 0.0998. The lowest BCUT2D eigenvalue weighted by Gasteiger charge is -2.49. The number of likely N-dealkylation sites (tertiary alicyclic amines) is 1. The molecule has 2 fully saturated rings. The van der Waals surface area contributed by atoms with E-state index < -0.39 is 0 Å². The second-order valence-corrected chi connectivity index (χ2v) is 10.1. The Balaban J connectivity index is 1.90. The summed E-state index contributed by atoms with van der Waals surface area (Å²) in [6.07, 6.45) is 8.01. The van der Waals surface area contributed by atoms with Crippen LogP contribution in [0.5, 0.6) is 0 Å². The maximum absolute atomic E-state index is 13.8. The van der Waals surface area contributed by atoms with Crippen LogP contribution in [0.2, 0.25) is 5.02 Å². The Kier molecular flexibility index (Phi) is 7.17. The fraction of sp³-hybridized carbons (Fsp3) is 0.609. The Labute approximate surface area is 179 Å². The number of hydrogen-bond acceptors (Lipinski definition) is 3. The third kappa shape index (κ3) is 4.77. The zero-order chi connectivity index (χ0) is 20.3. The maximum Gasteiger partial charge on any atom is 0.229 e. The third-order valence-corrected chi connectivity index (χ3v) is 7.77. The van der Waals surface area contributed by atoms with Gasteiger partial charge in [-0.1, -0.05) is 55.6 Å². The largest absolute Gasteiger partial charge is 0.331 e. The first-order chi connectivity index (χ1) is 13.4. The molecule has 1 aliphatic carbocycles. The van der Waals surface area contributed by atoms with Crippen molar-refractivity contribution in [2.75, 3.05) is 0 Å². The second-order valence-electron chi connectivity index (χ2n) is 8.57.